The molecule has 1 heterocycles. The van der Waals surface area contributed by atoms with Crippen LogP contribution in [0.3, 0.4) is 0 Å². The summed E-state index contributed by atoms with van der Waals surface area (Å²) in [5, 5.41) is 13.0. The smallest absolute Gasteiger partial charge is 0.309 e. The van der Waals surface area contributed by atoms with Gasteiger partial charge in [0.25, 0.3) is 0 Å². The fourth-order valence-electron chi connectivity index (χ4n) is 1.97. The standard InChI is InChI=1S/C15H16N2O3/c1-9-4-5-12(6-10(9)2)17-11(3)7-14(18)13(16-17)8-15(19)20/h4-7H,8H2,1-3H3,(H,19,20). The average molecular weight is 272 g/mol. The van der Waals surface area contributed by atoms with E-state index in [0.717, 1.165) is 11.3 Å². The summed E-state index contributed by atoms with van der Waals surface area (Å²) in [7, 11) is 0. The molecular weight excluding hydrogens is 256 g/mol. The summed E-state index contributed by atoms with van der Waals surface area (Å²) in [4.78, 5) is 22.5. The first kappa shape index (κ1) is 14.0. The molecule has 0 saturated heterocycles. The molecule has 0 aliphatic rings. The predicted molar refractivity (Wildman–Crippen MR) is 75.4 cm³/mol. The van der Waals surface area contributed by atoms with E-state index in [4.69, 9.17) is 5.11 Å². The van der Waals surface area contributed by atoms with Crippen molar-refractivity contribution in [3.63, 3.8) is 0 Å². The van der Waals surface area contributed by atoms with Crippen LogP contribution in [-0.4, -0.2) is 20.9 Å². The molecule has 1 aromatic heterocycles. The molecular formula is C15H16N2O3. The number of carboxylic acid groups (broad SMARTS) is 1. The second kappa shape index (κ2) is 5.28. The number of nitrogens with zero attached hydrogens (tertiary/aromatic N) is 2. The molecule has 1 aromatic carbocycles. The highest BCUT2D eigenvalue weighted by atomic mass is 16.4. The highest BCUT2D eigenvalue weighted by molar-refractivity contribution is 5.69. The van der Waals surface area contributed by atoms with E-state index in [9.17, 15) is 9.59 Å². The summed E-state index contributed by atoms with van der Waals surface area (Å²) in [5.74, 6) is -1.06. The van der Waals surface area contributed by atoms with Crippen molar-refractivity contribution in [1.82, 2.24) is 9.78 Å². The number of aryl methyl sites for hydroxylation is 3. The van der Waals surface area contributed by atoms with Gasteiger partial charge in [-0.1, -0.05) is 6.07 Å². The zero-order valence-corrected chi connectivity index (χ0v) is 11.7. The Balaban J connectivity index is 2.58. The summed E-state index contributed by atoms with van der Waals surface area (Å²) in [6, 6.07) is 7.25. The summed E-state index contributed by atoms with van der Waals surface area (Å²) >= 11 is 0. The molecule has 0 radical (unpaired) electrons. The minimum absolute atomic E-state index is 0.0429. The Kier molecular flexibility index (Phi) is 3.70. The molecule has 0 spiro atoms. The second-order valence-electron chi connectivity index (χ2n) is 4.85. The highest BCUT2D eigenvalue weighted by Crippen LogP contribution is 2.14. The average Bonchev–Trinajstić information content (AvgIpc) is 2.36. The fraction of sp³-hybridized carbons (Fsp3) is 0.267. The molecule has 0 aliphatic heterocycles. The lowest BCUT2D eigenvalue weighted by molar-refractivity contribution is -0.136. The van der Waals surface area contributed by atoms with Crippen molar-refractivity contribution in [2.75, 3.05) is 0 Å². The maximum Gasteiger partial charge on any atom is 0.309 e. The fourth-order valence-corrected chi connectivity index (χ4v) is 1.97. The summed E-state index contributed by atoms with van der Waals surface area (Å²) in [5.41, 5.74) is 3.47. The van der Waals surface area contributed by atoms with Gasteiger partial charge < -0.3 is 5.11 Å². The van der Waals surface area contributed by atoms with Crippen LogP contribution in [0.2, 0.25) is 0 Å². The number of aromatic nitrogens is 2. The summed E-state index contributed by atoms with van der Waals surface area (Å²) in [6.45, 7) is 5.78. The predicted octanol–water partition coefficient (Wildman–Crippen LogP) is 1.78. The molecule has 20 heavy (non-hydrogen) atoms. The Bertz CT molecular complexity index is 732. The van der Waals surface area contributed by atoms with Crippen molar-refractivity contribution in [3.05, 3.63) is 57.0 Å². The third-order valence-electron chi connectivity index (χ3n) is 3.23. The number of carbonyl (C=O) groups is 1. The summed E-state index contributed by atoms with van der Waals surface area (Å²) < 4.78 is 1.60. The third kappa shape index (κ3) is 2.77. The van der Waals surface area contributed by atoms with E-state index in [1.807, 2.05) is 32.0 Å². The molecule has 2 rings (SSSR count). The van der Waals surface area contributed by atoms with Crippen molar-refractivity contribution in [2.45, 2.75) is 27.2 Å². The van der Waals surface area contributed by atoms with Gasteiger partial charge in [0.1, 0.15) is 5.69 Å². The number of rotatable bonds is 3. The molecule has 2 aromatic rings. The van der Waals surface area contributed by atoms with Crippen LogP contribution in [0.4, 0.5) is 0 Å². The molecule has 5 nitrogen and oxygen atoms in total. The van der Waals surface area contributed by atoms with Gasteiger partial charge in [0.2, 0.25) is 5.43 Å². The molecule has 5 heteroatoms. The zero-order valence-electron chi connectivity index (χ0n) is 11.7. The SMILES string of the molecule is Cc1ccc(-n2nc(CC(=O)O)c(=O)cc2C)cc1C. The normalized spacial score (nSPS) is 10.6. The lowest BCUT2D eigenvalue weighted by atomic mass is 10.1. The topological polar surface area (TPSA) is 72.2 Å². The largest absolute Gasteiger partial charge is 0.481 e. The van der Waals surface area contributed by atoms with Crippen molar-refractivity contribution in [3.8, 4) is 5.69 Å². The van der Waals surface area contributed by atoms with Gasteiger partial charge in [0.05, 0.1) is 12.1 Å². The molecule has 0 bridgehead atoms. The minimum Gasteiger partial charge on any atom is -0.481 e. The monoisotopic (exact) mass is 272 g/mol. The molecule has 0 saturated carbocycles. The molecule has 104 valence electrons. The number of aliphatic carboxylic acids is 1. The minimum atomic E-state index is -1.06. The van der Waals surface area contributed by atoms with Gasteiger partial charge in [-0.3, -0.25) is 9.59 Å². The first-order chi connectivity index (χ1) is 9.38. The van der Waals surface area contributed by atoms with Crippen LogP contribution in [-0.2, 0) is 11.2 Å². The quantitative estimate of drug-likeness (QED) is 0.924. The van der Waals surface area contributed by atoms with Gasteiger partial charge >= 0.3 is 5.97 Å². The van der Waals surface area contributed by atoms with E-state index in [2.05, 4.69) is 5.10 Å². The van der Waals surface area contributed by atoms with Gasteiger partial charge in [-0.25, -0.2) is 4.68 Å². The van der Waals surface area contributed by atoms with Crippen LogP contribution in [0.25, 0.3) is 5.69 Å². The Morgan fingerprint density at radius 2 is 1.90 bits per heavy atom. The van der Waals surface area contributed by atoms with Crippen LogP contribution < -0.4 is 5.43 Å². The molecule has 0 atom stereocenters. The van der Waals surface area contributed by atoms with Crippen molar-refractivity contribution in [1.29, 1.82) is 0 Å². The molecule has 0 aliphatic carbocycles. The van der Waals surface area contributed by atoms with Gasteiger partial charge in [0, 0.05) is 11.8 Å². The van der Waals surface area contributed by atoms with E-state index < -0.39 is 5.97 Å². The van der Waals surface area contributed by atoms with Gasteiger partial charge in [-0.05, 0) is 44.0 Å². The van der Waals surface area contributed by atoms with Gasteiger partial charge in [-0.15, -0.1) is 0 Å². The van der Waals surface area contributed by atoms with Crippen LogP contribution >= 0.6 is 0 Å². The third-order valence-corrected chi connectivity index (χ3v) is 3.23. The maximum absolute atomic E-state index is 11.7. The maximum atomic E-state index is 11.7. The van der Waals surface area contributed by atoms with Crippen molar-refractivity contribution in [2.24, 2.45) is 0 Å². The molecule has 0 amide bonds. The molecule has 1 N–H and O–H groups in total. The van der Waals surface area contributed by atoms with E-state index in [0.29, 0.717) is 5.69 Å². The Morgan fingerprint density at radius 1 is 1.20 bits per heavy atom. The van der Waals surface area contributed by atoms with E-state index in [1.54, 1.807) is 11.6 Å². The second-order valence-corrected chi connectivity index (χ2v) is 4.85. The van der Waals surface area contributed by atoms with Crippen molar-refractivity contribution < 1.29 is 9.90 Å². The Hall–Kier alpha value is -2.43. The number of benzene rings is 1. The summed E-state index contributed by atoms with van der Waals surface area (Å²) in [6.07, 6.45) is -0.371. The van der Waals surface area contributed by atoms with E-state index in [1.165, 1.54) is 11.6 Å². The zero-order chi connectivity index (χ0) is 14.9. The number of hydrogen-bond donors (Lipinski definition) is 1. The molecule has 0 unspecified atom stereocenters. The van der Waals surface area contributed by atoms with Crippen molar-refractivity contribution >= 4 is 5.97 Å². The number of hydrogen-bond acceptors (Lipinski definition) is 3. The van der Waals surface area contributed by atoms with E-state index >= 15 is 0 Å². The molecule has 0 fully saturated rings. The van der Waals surface area contributed by atoms with Crippen LogP contribution in [0, 0.1) is 20.8 Å². The first-order valence-electron chi connectivity index (χ1n) is 6.28. The van der Waals surface area contributed by atoms with E-state index in [-0.39, 0.29) is 17.5 Å². The Morgan fingerprint density at radius 3 is 2.50 bits per heavy atom. The number of carboxylic acids is 1. The van der Waals surface area contributed by atoms with Gasteiger partial charge in [-0.2, -0.15) is 5.10 Å². The van der Waals surface area contributed by atoms with Gasteiger partial charge in [0.15, 0.2) is 0 Å². The van der Waals surface area contributed by atoms with Crippen LogP contribution in [0.1, 0.15) is 22.5 Å². The Labute approximate surface area is 116 Å². The lowest BCUT2D eigenvalue weighted by Crippen LogP contribution is -2.21. The van der Waals surface area contributed by atoms with Crippen LogP contribution in [0.5, 0.6) is 0 Å². The van der Waals surface area contributed by atoms with Crippen LogP contribution in [0.15, 0.2) is 29.1 Å². The lowest BCUT2D eigenvalue weighted by Gasteiger charge is -2.12. The highest BCUT2D eigenvalue weighted by Gasteiger charge is 2.11. The first-order valence-corrected chi connectivity index (χ1v) is 6.28.